The largest absolute Gasteiger partial charge is 0.481 e. The minimum Gasteiger partial charge on any atom is -0.481 e. The summed E-state index contributed by atoms with van der Waals surface area (Å²) >= 11 is 0. The van der Waals surface area contributed by atoms with Crippen molar-refractivity contribution in [2.75, 3.05) is 26.2 Å². The molecule has 0 rings (SSSR count). The molecule has 38 heteroatoms. The van der Waals surface area contributed by atoms with E-state index in [1.165, 1.54) is 20.8 Å². The van der Waals surface area contributed by atoms with Crippen LogP contribution < -0.4 is 86.7 Å². The van der Waals surface area contributed by atoms with Gasteiger partial charge < -0.3 is 112 Å². The van der Waals surface area contributed by atoms with Crippen LogP contribution in [0.2, 0.25) is 0 Å². The molecule has 38 nitrogen and oxygen atoms in total. The Labute approximate surface area is 535 Å². The number of hydrogen-bond acceptors (Lipinski definition) is 21. The molecular formula is C55H94N16O22. The van der Waals surface area contributed by atoms with E-state index in [0.29, 0.717) is 19.3 Å². The molecule has 0 saturated heterocycles. The van der Waals surface area contributed by atoms with E-state index in [1.807, 2.05) is 0 Å². The Morgan fingerprint density at radius 1 is 0.355 bits per heavy atom. The SMILES string of the molecule is CC(C)C[C@H](NC(=O)[C@H](CO)NC(=O)[C@H](C)NC(=O)[C@@H](N)CCC(N)=O)C(=O)N[C@@H](CCC(=O)O)C(=O)N[C@@H](C)C(=O)N[C@@H](CCC(=O)O)C(=O)N[C@@H](C)C(=O)N[C@@H](CCCCN)C(=O)NCC(=O)N[C@@H](CCCCN)C(=O)N[C@@H](C)C(=O)N[C@@H](CCC(=O)O)C(=O)O. The Bertz CT molecular complexity index is 2610. The smallest absolute Gasteiger partial charge is 0.326 e. The molecule has 0 aromatic heterocycles. The third-order valence-corrected chi connectivity index (χ3v) is 13.6. The second kappa shape index (κ2) is 44.4. The van der Waals surface area contributed by atoms with Gasteiger partial charge in [0.1, 0.15) is 66.5 Å². The number of hydrogen-bond donors (Lipinski definition) is 21. The highest BCUT2D eigenvalue weighted by molar-refractivity contribution is 5.99. The first-order valence-corrected chi connectivity index (χ1v) is 30.0. The molecule has 0 fully saturated rings. The molecule has 0 radical (unpaired) electrons. The number of unbranched alkanes of at least 4 members (excludes halogenated alkanes) is 2. The third kappa shape index (κ3) is 35.3. The minimum atomic E-state index is -1.73. The molecule has 25 N–H and O–H groups in total. The van der Waals surface area contributed by atoms with Crippen LogP contribution in [0.4, 0.5) is 0 Å². The molecule has 0 bridgehead atoms. The zero-order valence-corrected chi connectivity index (χ0v) is 52.9. The molecule has 93 heavy (non-hydrogen) atoms. The number of carboxylic acid groups (broad SMARTS) is 4. The standard InChI is InChI=1S/C55H94N16O22/c1-26(2)23-37(70-54(91)38(25-72)71-47(84)27(3)61-48(85)31(58)13-17-39(59)73)53(90)68-35(15-19-42(77)78)52(89)64-29(5)45(82)67-34(14-18-41(75)76)51(88)63-28(4)44(81)66-32(11-7-9-21-56)49(86)60-24-40(74)65-33(12-8-10-22-57)50(87)62-30(6)46(83)69-36(55(92)93)16-20-43(79)80/h26-38,72H,7-25,56-58H2,1-6H3,(H2,59,73)(H,60,86)(H,61,85)(H,62,87)(H,63,88)(H,64,89)(H,65,74)(H,66,81)(H,67,82)(H,68,90)(H,69,83)(H,70,91)(H,71,84)(H,75,76)(H,77,78)(H,79,80)(H,92,93)/t27-,28-,29-,30-,31-,32-,33-,34-,35-,36-,37-,38-/m0/s1. The molecule has 13 amide bonds. The van der Waals surface area contributed by atoms with Crippen molar-refractivity contribution >= 4 is 101 Å². The minimum absolute atomic E-state index is 0.00963. The van der Waals surface area contributed by atoms with Crippen LogP contribution in [0.25, 0.3) is 0 Å². The molecular weight excluding hydrogens is 1240 g/mol. The fourth-order valence-corrected chi connectivity index (χ4v) is 8.24. The van der Waals surface area contributed by atoms with Crippen LogP contribution in [-0.2, 0) is 81.5 Å². The highest BCUT2D eigenvalue weighted by Crippen LogP contribution is 2.10. The van der Waals surface area contributed by atoms with Gasteiger partial charge in [-0.15, -0.1) is 0 Å². The second-order valence-corrected chi connectivity index (χ2v) is 22.3. The van der Waals surface area contributed by atoms with Crippen molar-refractivity contribution in [1.29, 1.82) is 0 Å². The summed E-state index contributed by atoms with van der Waals surface area (Å²) in [6.45, 7) is 6.62. The Kier molecular flexibility index (Phi) is 40.0. The summed E-state index contributed by atoms with van der Waals surface area (Å²) in [6.07, 6.45) is -2.90. The van der Waals surface area contributed by atoms with Crippen molar-refractivity contribution in [2.24, 2.45) is 28.9 Å². The number of aliphatic carboxylic acids is 4. The summed E-state index contributed by atoms with van der Waals surface area (Å²) in [6, 6.07) is -18.0. The summed E-state index contributed by atoms with van der Waals surface area (Å²) in [7, 11) is 0. The van der Waals surface area contributed by atoms with E-state index in [-0.39, 0.29) is 57.5 Å². The van der Waals surface area contributed by atoms with E-state index < -0.39 is 225 Å². The van der Waals surface area contributed by atoms with Gasteiger partial charge in [0.05, 0.1) is 19.2 Å². The van der Waals surface area contributed by atoms with Crippen LogP contribution in [0, 0.1) is 5.92 Å². The summed E-state index contributed by atoms with van der Waals surface area (Å²) < 4.78 is 0. The maximum atomic E-state index is 13.8. The van der Waals surface area contributed by atoms with Gasteiger partial charge >= 0.3 is 23.9 Å². The molecule has 0 spiro atoms. The normalized spacial score (nSPS) is 14.8. The maximum Gasteiger partial charge on any atom is 0.326 e. The molecule has 0 aromatic carbocycles. The highest BCUT2D eigenvalue weighted by Gasteiger charge is 2.35. The highest BCUT2D eigenvalue weighted by atomic mass is 16.4. The van der Waals surface area contributed by atoms with Crippen LogP contribution in [-0.4, -0.2) is 225 Å². The lowest BCUT2D eigenvalue weighted by atomic mass is 10.0. The number of aliphatic hydroxyl groups is 1. The van der Waals surface area contributed by atoms with E-state index >= 15 is 0 Å². The first-order chi connectivity index (χ1) is 43.5. The maximum absolute atomic E-state index is 13.8. The van der Waals surface area contributed by atoms with Crippen LogP contribution in [0.5, 0.6) is 0 Å². The monoisotopic (exact) mass is 1330 g/mol. The molecule has 526 valence electrons. The predicted molar refractivity (Wildman–Crippen MR) is 324 cm³/mol. The molecule has 0 unspecified atom stereocenters. The number of nitrogens with two attached hydrogens (primary N) is 4. The van der Waals surface area contributed by atoms with E-state index in [2.05, 4.69) is 63.8 Å². The van der Waals surface area contributed by atoms with Gasteiger partial charge in [0.2, 0.25) is 76.8 Å². The molecule has 0 aliphatic heterocycles. The Hall–Kier alpha value is -9.17. The van der Waals surface area contributed by atoms with Crippen LogP contribution >= 0.6 is 0 Å². The van der Waals surface area contributed by atoms with Crippen LogP contribution in [0.1, 0.15) is 138 Å². The number of carboxylic acids is 4. The van der Waals surface area contributed by atoms with E-state index in [9.17, 15) is 102 Å². The van der Waals surface area contributed by atoms with E-state index in [1.54, 1.807) is 13.8 Å². The number of rotatable bonds is 48. The lowest BCUT2D eigenvalue weighted by Crippen LogP contribution is -2.60. The third-order valence-electron chi connectivity index (χ3n) is 13.6. The van der Waals surface area contributed by atoms with Crippen molar-refractivity contribution in [2.45, 2.75) is 210 Å². The Balaban J connectivity index is 6.23. The number of carbonyl (C=O) groups is 17. The van der Waals surface area contributed by atoms with Gasteiger partial charge in [-0.1, -0.05) is 13.8 Å². The van der Waals surface area contributed by atoms with Crippen molar-refractivity contribution < 1.29 is 107 Å². The van der Waals surface area contributed by atoms with Gasteiger partial charge in [0.15, 0.2) is 0 Å². The average Bonchev–Trinajstić information content (AvgIpc) is 1.41. The molecule has 0 aliphatic carbocycles. The van der Waals surface area contributed by atoms with Crippen molar-refractivity contribution in [3.63, 3.8) is 0 Å². The molecule has 12 atom stereocenters. The van der Waals surface area contributed by atoms with Gasteiger partial charge in [-0.3, -0.25) is 76.7 Å². The summed E-state index contributed by atoms with van der Waals surface area (Å²) in [5, 5.41) is 75.2. The van der Waals surface area contributed by atoms with Crippen LogP contribution in [0.3, 0.4) is 0 Å². The quantitative estimate of drug-likeness (QED) is 0.0252. The lowest BCUT2D eigenvalue weighted by Gasteiger charge is -2.27. The van der Waals surface area contributed by atoms with Crippen molar-refractivity contribution in [3.05, 3.63) is 0 Å². The topological polar surface area (TPSA) is 640 Å². The van der Waals surface area contributed by atoms with E-state index in [4.69, 9.17) is 28.0 Å². The molecule has 0 heterocycles. The number of carbonyl (C=O) groups excluding carboxylic acids is 13. The van der Waals surface area contributed by atoms with Gasteiger partial charge in [-0.25, -0.2) is 4.79 Å². The number of nitrogens with one attached hydrogen (secondary N) is 12. The zero-order chi connectivity index (χ0) is 71.2. The van der Waals surface area contributed by atoms with Gasteiger partial charge in [-0.2, -0.15) is 0 Å². The molecule has 0 aliphatic rings. The average molecular weight is 1330 g/mol. The van der Waals surface area contributed by atoms with Crippen LogP contribution in [0.15, 0.2) is 0 Å². The van der Waals surface area contributed by atoms with Crippen molar-refractivity contribution in [3.8, 4) is 0 Å². The van der Waals surface area contributed by atoms with Crippen molar-refractivity contribution in [1.82, 2.24) is 63.8 Å². The number of amides is 13. The number of primary amides is 1. The van der Waals surface area contributed by atoms with Gasteiger partial charge in [0, 0.05) is 25.7 Å². The fourth-order valence-electron chi connectivity index (χ4n) is 8.24. The second-order valence-electron chi connectivity index (χ2n) is 22.3. The zero-order valence-electron chi connectivity index (χ0n) is 52.9. The Morgan fingerprint density at radius 2 is 0.677 bits per heavy atom. The predicted octanol–water partition coefficient (Wildman–Crippen LogP) is -7.92. The molecule has 0 saturated carbocycles. The molecule has 0 aromatic rings. The lowest BCUT2D eigenvalue weighted by molar-refractivity contribution is -0.143. The number of aliphatic hydroxyl groups excluding tert-OH is 1. The van der Waals surface area contributed by atoms with Gasteiger partial charge in [-0.05, 0) is 117 Å². The van der Waals surface area contributed by atoms with Gasteiger partial charge in [0.25, 0.3) is 0 Å². The first-order valence-electron chi connectivity index (χ1n) is 30.0. The summed E-state index contributed by atoms with van der Waals surface area (Å²) in [5.74, 6) is -18.8. The fraction of sp³-hybridized carbons (Fsp3) is 0.691. The summed E-state index contributed by atoms with van der Waals surface area (Å²) in [4.78, 5) is 217. The van der Waals surface area contributed by atoms with E-state index in [0.717, 1.165) is 6.92 Å². The summed E-state index contributed by atoms with van der Waals surface area (Å²) in [5.41, 5.74) is 22.1. The Morgan fingerprint density at radius 3 is 1.04 bits per heavy atom. The first kappa shape index (κ1) is 83.8.